The summed E-state index contributed by atoms with van der Waals surface area (Å²) in [4.78, 5) is 14.4. The number of carbonyl (C=O) groups is 1. The average molecular weight is 330 g/mol. The van der Waals surface area contributed by atoms with Crippen molar-refractivity contribution in [2.75, 3.05) is 32.9 Å². The maximum atomic E-state index is 12.7. The van der Waals surface area contributed by atoms with Gasteiger partial charge >= 0.3 is 0 Å². The summed E-state index contributed by atoms with van der Waals surface area (Å²) in [7, 11) is 0. The van der Waals surface area contributed by atoms with Crippen molar-refractivity contribution < 1.29 is 14.6 Å². The molecule has 1 aromatic carbocycles. The van der Waals surface area contributed by atoms with Gasteiger partial charge in [-0.1, -0.05) is 29.3 Å². The molecule has 0 radical (unpaired) electrons. The summed E-state index contributed by atoms with van der Waals surface area (Å²) in [5, 5.41) is 10.4. The number of benzene rings is 1. The molecule has 2 aliphatic heterocycles. The van der Waals surface area contributed by atoms with E-state index in [-0.39, 0.29) is 28.9 Å². The molecule has 114 valence electrons. The molecule has 1 N–H and O–H groups in total. The highest BCUT2D eigenvalue weighted by molar-refractivity contribution is 6.43. The second-order valence-electron chi connectivity index (χ2n) is 5.83. The van der Waals surface area contributed by atoms with Crippen LogP contribution in [0.2, 0.25) is 10.0 Å². The lowest BCUT2D eigenvalue weighted by atomic mass is 9.75. The molecule has 1 amide bonds. The molecule has 0 aliphatic carbocycles. The van der Waals surface area contributed by atoms with Crippen molar-refractivity contribution in [1.29, 1.82) is 0 Å². The minimum Gasteiger partial charge on any atom is -0.396 e. The molecule has 0 saturated carbocycles. The zero-order chi connectivity index (χ0) is 15.0. The van der Waals surface area contributed by atoms with Crippen molar-refractivity contribution in [3.8, 4) is 0 Å². The van der Waals surface area contributed by atoms with Crippen molar-refractivity contribution in [1.82, 2.24) is 4.90 Å². The van der Waals surface area contributed by atoms with Crippen LogP contribution in [0.15, 0.2) is 18.2 Å². The van der Waals surface area contributed by atoms with Crippen LogP contribution < -0.4 is 0 Å². The molecule has 2 atom stereocenters. The van der Waals surface area contributed by atoms with Crippen LogP contribution in [0.4, 0.5) is 0 Å². The summed E-state index contributed by atoms with van der Waals surface area (Å²) in [5.74, 6) is 0.0443. The number of likely N-dealkylation sites (tertiary alicyclic amines) is 1. The number of nitrogens with zero attached hydrogens (tertiary/aromatic N) is 1. The number of fused-ring (bicyclic) bond motifs is 1. The number of hydrogen-bond donors (Lipinski definition) is 1. The Hall–Kier alpha value is -0.810. The van der Waals surface area contributed by atoms with Crippen LogP contribution in [-0.2, 0) is 4.74 Å². The van der Waals surface area contributed by atoms with Gasteiger partial charge < -0.3 is 14.7 Å². The van der Waals surface area contributed by atoms with E-state index in [4.69, 9.17) is 27.9 Å². The van der Waals surface area contributed by atoms with Crippen LogP contribution in [0.25, 0.3) is 0 Å². The van der Waals surface area contributed by atoms with Crippen molar-refractivity contribution in [3.05, 3.63) is 33.8 Å². The second-order valence-corrected chi connectivity index (χ2v) is 6.61. The first kappa shape index (κ1) is 15.1. The summed E-state index contributed by atoms with van der Waals surface area (Å²) >= 11 is 12.1. The van der Waals surface area contributed by atoms with Gasteiger partial charge in [0.15, 0.2) is 0 Å². The van der Waals surface area contributed by atoms with E-state index in [1.165, 1.54) is 0 Å². The molecule has 1 aromatic rings. The van der Waals surface area contributed by atoms with Gasteiger partial charge in [0.1, 0.15) is 0 Å². The van der Waals surface area contributed by atoms with Crippen LogP contribution in [-0.4, -0.2) is 48.8 Å². The molecule has 0 spiro atoms. The standard InChI is InChI=1S/C15H17Cl2NO3/c16-12-3-1-2-11(13(12)17)14(20)18-6-10-7-21-5-4-15(10,8-18)9-19/h1-3,10,19H,4-9H2/t10-,15-/m1/s1. The first-order valence-electron chi connectivity index (χ1n) is 6.99. The third-order valence-corrected chi connectivity index (χ3v) is 5.48. The van der Waals surface area contributed by atoms with Crippen LogP contribution in [0.3, 0.4) is 0 Å². The lowest BCUT2D eigenvalue weighted by molar-refractivity contribution is -0.0415. The van der Waals surface area contributed by atoms with E-state index < -0.39 is 0 Å². The fraction of sp³-hybridized carbons (Fsp3) is 0.533. The summed E-state index contributed by atoms with van der Waals surface area (Å²) in [6.07, 6.45) is 0.779. The van der Waals surface area contributed by atoms with Crippen LogP contribution in [0.1, 0.15) is 16.8 Å². The molecule has 0 bridgehead atoms. The monoisotopic (exact) mass is 329 g/mol. The average Bonchev–Trinajstić information content (AvgIpc) is 2.89. The van der Waals surface area contributed by atoms with E-state index in [1.807, 2.05) is 0 Å². The van der Waals surface area contributed by atoms with Crippen LogP contribution in [0, 0.1) is 11.3 Å². The van der Waals surface area contributed by atoms with Gasteiger partial charge in [-0.25, -0.2) is 0 Å². The third kappa shape index (κ3) is 2.55. The molecule has 2 fully saturated rings. The van der Waals surface area contributed by atoms with Crippen molar-refractivity contribution in [2.45, 2.75) is 6.42 Å². The lowest BCUT2D eigenvalue weighted by Crippen LogP contribution is -2.41. The molecule has 2 heterocycles. The summed E-state index contributed by atoms with van der Waals surface area (Å²) in [6, 6.07) is 5.06. The van der Waals surface area contributed by atoms with E-state index in [1.54, 1.807) is 23.1 Å². The number of halogens is 2. The van der Waals surface area contributed by atoms with Crippen molar-refractivity contribution in [3.63, 3.8) is 0 Å². The molecule has 6 heteroatoms. The molecule has 3 rings (SSSR count). The van der Waals surface area contributed by atoms with Gasteiger partial charge in [0.2, 0.25) is 0 Å². The van der Waals surface area contributed by atoms with Crippen molar-refractivity contribution in [2.24, 2.45) is 11.3 Å². The normalized spacial score (nSPS) is 28.5. The Labute approximate surface area is 133 Å². The lowest BCUT2D eigenvalue weighted by Gasteiger charge is -2.36. The molecular weight excluding hydrogens is 313 g/mol. The Morgan fingerprint density at radius 3 is 3.00 bits per heavy atom. The Balaban J connectivity index is 1.85. The first-order chi connectivity index (χ1) is 10.1. The van der Waals surface area contributed by atoms with Crippen LogP contribution in [0.5, 0.6) is 0 Å². The molecule has 2 saturated heterocycles. The molecule has 2 aliphatic rings. The zero-order valence-electron chi connectivity index (χ0n) is 11.5. The summed E-state index contributed by atoms with van der Waals surface area (Å²) < 4.78 is 5.49. The second kappa shape index (κ2) is 5.76. The molecular formula is C15H17Cl2NO3. The maximum Gasteiger partial charge on any atom is 0.255 e. The van der Waals surface area contributed by atoms with E-state index in [0.717, 1.165) is 6.42 Å². The smallest absolute Gasteiger partial charge is 0.255 e. The first-order valence-corrected chi connectivity index (χ1v) is 7.75. The van der Waals surface area contributed by atoms with Crippen LogP contribution >= 0.6 is 23.2 Å². The fourth-order valence-corrected chi connectivity index (χ4v) is 3.68. The molecule has 4 nitrogen and oxygen atoms in total. The minimum absolute atomic E-state index is 0.0775. The van der Waals surface area contributed by atoms with E-state index >= 15 is 0 Å². The van der Waals surface area contributed by atoms with Gasteiger partial charge in [0, 0.05) is 31.0 Å². The molecule has 0 aromatic heterocycles. The summed E-state index contributed by atoms with van der Waals surface area (Å²) in [6.45, 7) is 2.43. The van der Waals surface area contributed by atoms with Gasteiger partial charge in [0.25, 0.3) is 5.91 Å². The van der Waals surface area contributed by atoms with E-state index in [0.29, 0.717) is 36.9 Å². The Morgan fingerprint density at radius 2 is 2.29 bits per heavy atom. The number of aliphatic hydroxyl groups excluding tert-OH is 1. The summed E-state index contributed by atoms with van der Waals surface area (Å²) in [5.41, 5.74) is 0.177. The highest BCUT2D eigenvalue weighted by Gasteiger charge is 2.49. The highest BCUT2D eigenvalue weighted by atomic mass is 35.5. The Kier molecular flexibility index (Phi) is 4.14. The molecule has 0 unspecified atom stereocenters. The SMILES string of the molecule is O=C(c1cccc(Cl)c1Cl)N1C[C@@H]2COCC[C@]2(CO)C1. The predicted molar refractivity (Wildman–Crippen MR) is 80.8 cm³/mol. The van der Waals surface area contributed by atoms with Gasteiger partial charge in [-0.3, -0.25) is 4.79 Å². The largest absolute Gasteiger partial charge is 0.396 e. The maximum absolute atomic E-state index is 12.7. The third-order valence-electron chi connectivity index (χ3n) is 4.66. The van der Waals surface area contributed by atoms with Gasteiger partial charge in [-0.05, 0) is 18.6 Å². The van der Waals surface area contributed by atoms with Crippen molar-refractivity contribution >= 4 is 29.1 Å². The Bertz CT molecular complexity index is 566. The van der Waals surface area contributed by atoms with Gasteiger partial charge in [-0.15, -0.1) is 0 Å². The predicted octanol–water partition coefficient (Wildman–Crippen LogP) is 2.46. The van der Waals surface area contributed by atoms with E-state index in [9.17, 15) is 9.90 Å². The van der Waals surface area contributed by atoms with E-state index in [2.05, 4.69) is 0 Å². The Morgan fingerprint density at radius 1 is 1.48 bits per heavy atom. The zero-order valence-corrected chi connectivity index (χ0v) is 13.0. The molecule has 21 heavy (non-hydrogen) atoms. The topological polar surface area (TPSA) is 49.8 Å². The number of ether oxygens (including phenoxy) is 1. The number of amides is 1. The number of carbonyl (C=O) groups excluding carboxylic acids is 1. The van der Waals surface area contributed by atoms with Gasteiger partial charge in [0.05, 0.1) is 28.8 Å². The number of hydrogen-bond acceptors (Lipinski definition) is 3. The quantitative estimate of drug-likeness (QED) is 0.906. The number of rotatable bonds is 2. The minimum atomic E-state index is -0.237. The van der Waals surface area contributed by atoms with Gasteiger partial charge in [-0.2, -0.15) is 0 Å². The highest BCUT2D eigenvalue weighted by Crippen LogP contribution is 2.42. The fourth-order valence-electron chi connectivity index (χ4n) is 3.30. The number of aliphatic hydroxyl groups is 1.